The molecule has 0 atom stereocenters. The molecule has 3 aromatic carbocycles. The molecule has 3 nitrogen and oxygen atoms in total. The first-order valence-electron chi connectivity index (χ1n) is 9.80. The lowest BCUT2D eigenvalue weighted by atomic mass is 10.0. The van der Waals surface area contributed by atoms with E-state index in [1.165, 1.54) is 5.56 Å². The van der Waals surface area contributed by atoms with E-state index in [9.17, 15) is 0 Å². The Balaban J connectivity index is 1.93. The highest BCUT2D eigenvalue weighted by Gasteiger charge is 2.21. The Morgan fingerprint density at radius 2 is 1.31 bits per heavy atom. The van der Waals surface area contributed by atoms with Crippen molar-refractivity contribution in [2.75, 3.05) is 26.4 Å². The normalized spacial score (nSPS) is 11.1. The van der Waals surface area contributed by atoms with Gasteiger partial charge in [0.15, 0.2) is 5.16 Å². The van der Waals surface area contributed by atoms with Crippen LogP contribution in [0.3, 0.4) is 0 Å². The summed E-state index contributed by atoms with van der Waals surface area (Å²) in [6.45, 7) is 1.01. The van der Waals surface area contributed by atoms with E-state index in [-0.39, 0.29) is 0 Å². The van der Waals surface area contributed by atoms with Crippen LogP contribution in [0.5, 0.6) is 0 Å². The van der Waals surface area contributed by atoms with Gasteiger partial charge in [0.05, 0.1) is 11.4 Å². The highest BCUT2D eigenvalue weighted by Crippen LogP contribution is 2.38. The third kappa shape index (κ3) is 4.44. The Morgan fingerprint density at radius 1 is 0.759 bits per heavy atom. The minimum absolute atomic E-state index is 0.985. The SMILES string of the molecule is CN(C)CCSc1nc(-c2ccccc2)c(-c2ccccc2)n1-c1ccccc1. The van der Waals surface area contributed by atoms with Gasteiger partial charge < -0.3 is 4.90 Å². The Bertz CT molecular complexity index is 1040. The number of thioether (sulfide) groups is 1. The topological polar surface area (TPSA) is 21.1 Å². The first kappa shape index (κ1) is 19.5. The largest absolute Gasteiger partial charge is 0.309 e. The number of hydrogen-bond donors (Lipinski definition) is 0. The zero-order valence-corrected chi connectivity index (χ0v) is 17.6. The number of nitrogens with zero attached hydrogens (tertiary/aromatic N) is 3. The van der Waals surface area contributed by atoms with Gasteiger partial charge in [0.25, 0.3) is 0 Å². The molecule has 1 heterocycles. The Morgan fingerprint density at radius 3 is 1.90 bits per heavy atom. The summed E-state index contributed by atoms with van der Waals surface area (Å²) in [5.74, 6) is 0.985. The molecule has 0 aliphatic rings. The fraction of sp³-hybridized carbons (Fsp3) is 0.160. The lowest BCUT2D eigenvalue weighted by molar-refractivity contribution is 0.437. The summed E-state index contributed by atoms with van der Waals surface area (Å²) >= 11 is 1.80. The monoisotopic (exact) mass is 399 g/mol. The second-order valence-corrected chi connectivity index (χ2v) is 8.21. The van der Waals surface area contributed by atoms with Crippen LogP contribution in [0.4, 0.5) is 0 Å². The molecular weight excluding hydrogens is 374 g/mol. The highest BCUT2D eigenvalue weighted by molar-refractivity contribution is 7.99. The van der Waals surface area contributed by atoms with Crippen molar-refractivity contribution in [2.45, 2.75) is 5.16 Å². The van der Waals surface area contributed by atoms with Crippen molar-refractivity contribution in [3.63, 3.8) is 0 Å². The first-order valence-corrected chi connectivity index (χ1v) is 10.8. The average molecular weight is 400 g/mol. The van der Waals surface area contributed by atoms with Gasteiger partial charge in [-0.3, -0.25) is 4.57 Å². The smallest absolute Gasteiger partial charge is 0.173 e. The fourth-order valence-electron chi connectivity index (χ4n) is 3.29. The molecule has 146 valence electrons. The highest BCUT2D eigenvalue weighted by atomic mass is 32.2. The van der Waals surface area contributed by atoms with Crippen molar-refractivity contribution in [1.82, 2.24) is 14.5 Å². The molecule has 0 aliphatic heterocycles. The summed E-state index contributed by atoms with van der Waals surface area (Å²) < 4.78 is 2.30. The van der Waals surface area contributed by atoms with E-state index in [4.69, 9.17) is 4.98 Å². The molecule has 4 heteroatoms. The van der Waals surface area contributed by atoms with Crippen LogP contribution in [0.15, 0.2) is 96.2 Å². The van der Waals surface area contributed by atoms with Gasteiger partial charge in [-0.1, -0.05) is 90.6 Å². The quantitative estimate of drug-likeness (QED) is 0.363. The second kappa shape index (κ2) is 9.12. The number of aromatic nitrogens is 2. The zero-order valence-electron chi connectivity index (χ0n) is 16.8. The molecular formula is C25H25N3S. The maximum absolute atomic E-state index is 5.14. The van der Waals surface area contributed by atoms with Crippen molar-refractivity contribution < 1.29 is 0 Å². The standard InChI is InChI=1S/C25H25N3S/c1-27(2)18-19-29-25-26-23(20-12-6-3-7-13-20)24(21-14-8-4-9-15-21)28(25)22-16-10-5-11-17-22/h3-17H,18-19H2,1-2H3. The van der Waals surface area contributed by atoms with E-state index in [1.54, 1.807) is 11.8 Å². The molecule has 0 N–H and O–H groups in total. The molecule has 4 aromatic rings. The minimum Gasteiger partial charge on any atom is -0.309 e. The Hall–Kier alpha value is -2.82. The number of hydrogen-bond acceptors (Lipinski definition) is 3. The number of benzene rings is 3. The third-order valence-corrected chi connectivity index (χ3v) is 5.64. The molecule has 0 spiro atoms. The van der Waals surface area contributed by atoms with Crippen LogP contribution in [0.25, 0.3) is 28.2 Å². The van der Waals surface area contributed by atoms with Gasteiger partial charge in [-0.05, 0) is 26.2 Å². The first-order chi connectivity index (χ1) is 14.2. The van der Waals surface area contributed by atoms with E-state index in [2.05, 4.69) is 108 Å². The van der Waals surface area contributed by atoms with Crippen molar-refractivity contribution >= 4 is 11.8 Å². The summed E-state index contributed by atoms with van der Waals surface area (Å²) in [7, 11) is 4.21. The van der Waals surface area contributed by atoms with E-state index in [1.807, 2.05) is 6.07 Å². The molecule has 0 aliphatic carbocycles. The molecule has 0 saturated heterocycles. The lowest BCUT2D eigenvalue weighted by Crippen LogP contribution is -2.15. The summed E-state index contributed by atoms with van der Waals surface area (Å²) in [6, 6.07) is 31.6. The second-order valence-electron chi connectivity index (χ2n) is 7.15. The minimum atomic E-state index is 0.985. The van der Waals surface area contributed by atoms with Gasteiger partial charge in [0.1, 0.15) is 0 Å². The molecule has 0 unspecified atom stereocenters. The Kier molecular flexibility index (Phi) is 6.13. The van der Waals surface area contributed by atoms with Crippen molar-refractivity contribution in [2.24, 2.45) is 0 Å². The molecule has 1 aromatic heterocycles. The van der Waals surface area contributed by atoms with Gasteiger partial charge >= 0.3 is 0 Å². The molecule has 0 fully saturated rings. The van der Waals surface area contributed by atoms with Crippen LogP contribution < -0.4 is 0 Å². The average Bonchev–Trinajstić information content (AvgIpc) is 3.15. The zero-order chi connectivity index (χ0) is 20.1. The van der Waals surface area contributed by atoms with Crippen molar-refractivity contribution in [1.29, 1.82) is 0 Å². The van der Waals surface area contributed by atoms with Gasteiger partial charge in [-0.15, -0.1) is 0 Å². The van der Waals surface area contributed by atoms with E-state index >= 15 is 0 Å². The summed E-state index contributed by atoms with van der Waals surface area (Å²) in [5, 5.41) is 1.02. The fourth-order valence-corrected chi connectivity index (χ4v) is 4.41. The predicted molar refractivity (Wildman–Crippen MR) is 124 cm³/mol. The van der Waals surface area contributed by atoms with Gasteiger partial charge in [0.2, 0.25) is 0 Å². The van der Waals surface area contributed by atoms with Crippen LogP contribution >= 0.6 is 11.8 Å². The number of imidazole rings is 1. The van der Waals surface area contributed by atoms with Crippen LogP contribution in [0.2, 0.25) is 0 Å². The number of para-hydroxylation sites is 1. The Labute approximate surface area is 177 Å². The summed E-state index contributed by atoms with van der Waals surface area (Å²) in [6.07, 6.45) is 0. The van der Waals surface area contributed by atoms with Crippen LogP contribution in [-0.2, 0) is 0 Å². The molecule has 0 radical (unpaired) electrons. The maximum Gasteiger partial charge on any atom is 0.173 e. The van der Waals surface area contributed by atoms with E-state index in [0.717, 1.165) is 40.1 Å². The van der Waals surface area contributed by atoms with Crippen LogP contribution in [-0.4, -0.2) is 40.8 Å². The summed E-state index contributed by atoms with van der Waals surface area (Å²) in [4.78, 5) is 7.34. The summed E-state index contributed by atoms with van der Waals surface area (Å²) in [5.41, 5.74) is 5.59. The number of rotatable bonds is 7. The van der Waals surface area contributed by atoms with Crippen LogP contribution in [0.1, 0.15) is 0 Å². The predicted octanol–water partition coefficient (Wildman–Crippen LogP) is 5.86. The van der Waals surface area contributed by atoms with Crippen molar-refractivity contribution in [3.05, 3.63) is 91.0 Å². The molecule has 4 rings (SSSR count). The molecule has 0 saturated carbocycles. The van der Waals surface area contributed by atoms with E-state index < -0.39 is 0 Å². The van der Waals surface area contributed by atoms with E-state index in [0.29, 0.717) is 0 Å². The molecule has 0 bridgehead atoms. The van der Waals surface area contributed by atoms with Gasteiger partial charge in [-0.2, -0.15) is 0 Å². The maximum atomic E-state index is 5.14. The lowest BCUT2D eigenvalue weighted by Gasteiger charge is -2.14. The van der Waals surface area contributed by atoms with Gasteiger partial charge in [0, 0.05) is 29.1 Å². The van der Waals surface area contributed by atoms with Crippen molar-refractivity contribution in [3.8, 4) is 28.2 Å². The third-order valence-electron chi connectivity index (χ3n) is 4.73. The molecule has 0 amide bonds. The van der Waals surface area contributed by atoms with Crippen LogP contribution in [0, 0.1) is 0 Å². The van der Waals surface area contributed by atoms with Gasteiger partial charge in [-0.25, -0.2) is 4.98 Å². The molecule has 29 heavy (non-hydrogen) atoms.